The van der Waals surface area contributed by atoms with Crippen LogP contribution in [0.25, 0.3) is 11.0 Å². The molecule has 1 aromatic carbocycles. The molecule has 3 rings (SSSR count). The molecule has 0 radical (unpaired) electrons. The smallest absolute Gasteiger partial charge is 0.229 e. The highest BCUT2D eigenvalue weighted by Gasteiger charge is 2.23. The number of nitrogens with zero attached hydrogens (tertiary/aromatic N) is 2. The number of anilines is 1. The second kappa shape index (κ2) is 6.51. The molecule has 1 fully saturated rings. The van der Waals surface area contributed by atoms with Gasteiger partial charge in [-0.25, -0.2) is 4.98 Å². The van der Waals surface area contributed by atoms with Gasteiger partial charge in [0.15, 0.2) is 0 Å². The Labute approximate surface area is 131 Å². The van der Waals surface area contributed by atoms with Gasteiger partial charge in [0.2, 0.25) is 11.9 Å². The number of carbonyl (C=O) groups excluding carboxylic acids is 1. The van der Waals surface area contributed by atoms with Gasteiger partial charge in [0.1, 0.15) is 0 Å². The minimum atomic E-state index is 0.0135. The molecule has 0 aliphatic heterocycles. The third-order valence-corrected chi connectivity index (χ3v) is 4.83. The summed E-state index contributed by atoms with van der Waals surface area (Å²) in [6.45, 7) is 4.00. The summed E-state index contributed by atoms with van der Waals surface area (Å²) in [7, 11) is 0. The summed E-state index contributed by atoms with van der Waals surface area (Å²) in [5.41, 5.74) is 2.10. The topological polar surface area (TPSA) is 46.9 Å². The molecular weight excluding hydrogens is 274 g/mol. The molecule has 2 aromatic rings. The predicted molar refractivity (Wildman–Crippen MR) is 89.9 cm³/mol. The number of amides is 1. The van der Waals surface area contributed by atoms with Crippen molar-refractivity contribution in [2.75, 3.05) is 5.32 Å². The number of fused-ring (bicyclic) bond motifs is 1. The van der Waals surface area contributed by atoms with Crippen LogP contribution in [0, 0.1) is 5.92 Å². The molecule has 1 unspecified atom stereocenters. The minimum absolute atomic E-state index is 0.0135. The lowest BCUT2D eigenvalue weighted by atomic mass is 9.95. The molecule has 1 aliphatic rings. The summed E-state index contributed by atoms with van der Waals surface area (Å²) >= 11 is 0. The van der Waals surface area contributed by atoms with Crippen molar-refractivity contribution in [2.45, 2.75) is 58.4 Å². The van der Waals surface area contributed by atoms with Crippen LogP contribution in [0.3, 0.4) is 0 Å². The number of rotatable bonds is 4. The van der Waals surface area contributed by atoms with Crippen molar-refractivity contribution < 1.29 is 4.79 Å². The Morgan fingerprint density at radius 1 is 1.32 bits per heavy atom. The zero-order chi connectivity index (χ0) is 15.5. The molecule has 1 heterocycles. The fraction of sp³-hybridized carbons (Fsp3) is 0.556. The third-order valence-electron chi connectivity index (χ3n) is 4.83. The summed E-state index contributed by atoms with van der Waals surface area (Å²) in [5, 5.41) is 3.06. The van der Waals surface area contributed by atoms with Crippen molar-refractivity contribution in [3.63, 3.8) is 0 Å². The molecule has 1 N–H and O–H groups in total. The van der Waals surface area contributed by atoms with Gasteiger partial charge in [-0.15, -0.1) is 0 Å². The van der Waals surface area contributed by atoms with Crippen LogP contribution >= 0.6 is 0 Å². The number of aromatic nitrogens is 2. The first kappa shape index (κ1) is 15.1. The molecular formula is C18H25N3O. The quantitative estimate of drug-likeness (QED) is 0.901. The average Bonchev–Trinajstić information content (AvgIpc) is 2.92. The molecule has 1 aliphatic carbocycles. The van der Waals surface area contributed by atoms with E-state index in [1.54, 1.807) is 0 Å². The maximum absolute atomic E-state index is 12.3. The van der Waals surface area contributed by atoms with Gasteiger partial charge >= 0.3 is 0 Å². The second-order valence-electron chi connectivity index (χ2n) is 6.38. The number of imidazole rings is 1. The van der Waals surface area contributed by atoms with Gasteiger partial charge in [0, 0.05) is 12.0 Å². The van der Waals surface area contributed by atoms with Crippen molar-refractivity contribution in [3.8, 4) is 0 Å². The lowest BCUT2D eigenvalue weighted by Crippen LogP contribution is -2.24. The first-order valence-corrected chi connectivity index (χ1v) is 8.48. The molecule has 118 valence electrons. The fourth-order valence-corrected chi connectivity index (χ4v) is 3.26. The molecule has 0 saturated heterocycles. The Morgan fingerprint density at radius 3 is 2.77 bits per heavy atom. The van der Waals surface area contributed by atoms with E-state index in [2.05, 4.69) is 20.9 Å². The van der Waals surface area contributed by atoms with Gasteiger partial charge in [0.05, 0.1) is 11.0 Å². The summed E-state index contributed by atoms with van der Waals surface area (Å²) in [4.78, 5) is 17.0. The summed E-state index contributed by atoms with van der Waals surface area (Å²) in [6.07, 6.45) is 7.03. The van der Waals surface area contributed by atoms with E-state index in [0.29, 0.717) is 6.04 Å². The average molecular weight is 299 g/mol. The minimum Gasteiger partial charge on any atom is -0.307 e. The number of benzene rings is 1. The number of para-hydroxylation sites is 2. The molecule has 22 heavy (non-hydrogen) atoms. The van der Waals surface area contributed by atoms with Crippen LogP contribution < -0.4 is 5.32 Å². The highest BCUT2D eigenvalue weighted by atomic mass is 16.2. The standard InChI is InChI=1S/C18H25N3O/c1-3-13(2)17(22)20-18-19-15-11-7-8-12-16(15)21(18)14-9-5-4-6-10-14/h7-8,11-14H,3-6,9-10H2,1-2H3,(H,19,20,22). The van der Waals surface area contributed by atoms with E-state index in [4.69, 9.17) is 0 Å². The Morgan fingerprint density at radius 2 is 2.05 bits per heavy atom. The third kappa shape index (κ3) is 2.87. The summed E-state index contributed by atoms with van der Waals surface area (Å²) in [6, 6.07) is 8.63. The monoisotopic (exact) mass is 299 g/mol. The van der Waals surface area contributed by atoms with Gasteiger partial charge in [-0.2, -0.15) is 0 Å². The van der Waals surface area contributed by atoms with Crippen molar-refractivity contribution >= 4 is 22.9 Å². The number of carbonyl (C=O) groups is 1. The lowest BCUT2D eigenvalue weighted by Gasteiger charge is -2.25. The second-order valence-corrected chi connectivity index (χ2v) is 6.38. The van der Waals surface area contributed by atoms with Crippen molar-refractivity contribution in [3.05, 3.63) is 24.3 Å². The number of hydrogen-bond acceptors (Lipinski definition) is 2. The van der Waals surface area contributed by atoms with Crippen LogP contribution in [0.4, 0.5) is 5.95 Å². The van der Waals surface area contributed by atoms with E-state index in [1.165, 1.54) is 32.1 Å². The first-order chi connectivity index (χ1) is 10.7. The van der Waals surface area contributed by atoms with Crippen LogP contribution in [-0.4, -0.2) is 15.5 Å². The summed E-state index contributed by atoms with van der Waals surface area (Å²) < 4.78 is 2.26. The van der Waals surface area contributed by atoms with E-state index >= 15 is 0 Å². The van der Waals surface area contributed by atoms with E-state index in [1.807, 2.05) is 32.0 Å². The zero-order valence-corrected chi connectivity index (χ0v) is 13.5. The van der Waals surface area contributed by atoms with Crippen molar-refractivity contribution in [2.24, 2.45) is 5.92 Å². The normalized spacial score (nSPS) is 17.5. The van der Waals surface area contributed by atoms with E-state index in [0.717, 1.165) is 23.4 Å². The van der Waals surface area contributed by atoms with Crippen LogP contribution in [0.15, 0.2) is 24.3 Å². The zero-order valence-electron chi connectivity index (χ0n) is 13.5. The molecule has 0 bridgehead atoms. The number of hydrogen-bond donors (Lipinski definition) is 1. The van der Waals surface area contributed by atoms with E-state index < -0.39 is 0 Å². The molecule has 1 amide bonds. The molecule has 1 aromatic heterocycles. The Hall–Kier alpha value is -1.84. The van der Waals surface area contributed by atoms with Gasteiger partial charge < -0.3 is 4.57 Å². The van der Waals surface area contributed by atoms with Gasteiger partial charge in [0.25, 0.3) is 0 Å². The largest absolute Gasteiger partial charge is 0.307 e. The molecule has 1 atom stereocenters. The van der Waals surface area contributed by atoms with Crippen molar-refractivity contribution in [1.29, 1.82) is 0 Å². The SMILES string of the molecule is CCC(C)C(=O)Nc1nc2ccccc2n1C1CCCCC1. The summed E-state index contributed by atoms with van der Waals surface area (Å²) in [5.74, 6) is 0.799. The van der Waals surface area contributed by atoms with Crippen LogP contribution in [0.2, 0.25) is 0 Å². The predicted octanol–water partition coefficient (Wildman–Crippen LogP) is 4.53. The lowest BCUT2D eigenvalue weighted by molar-refractivity contribution is -0.119. The highest BCUT2D eigenvalue weighted by molar-refractivity contribution is 5.92. The molecule has 0 spiro atoms. The maximum Gasteiger partial charge on any atom is 0.229 e. The first-order valence-electron chi connectivity index (χ1n) is 8.48. The Bertz CT molecular complexity index is 655. The van der Waals surface area contributed by atoms with Gasteiger partial charge in [-0.3, -0.25) is 10.1 Å². The van der Waals surface area contributed by atoms with Crippen LogP contribution in [0.5, 0.6) is 0 Å². The Balaban J connectivity index is 1.98. The van der Waals surface area contributed by atoms with Crippen LogP contribution in [0.1, 0.15) is 58.4 Å². The van der Waals surface area contributed by atoms with Gasteiger partial charge in [-0.1, -0.05) is 45.2 Å². The molecule has 4 heteroatoms. The van der Waals surface area contributed by atoms with E-state index in [9.17, 15) is 4.79 Å². The van der Waals surface area contributed by atoms with Crippen LogP contribution in [-0.2, 0) is 4.79 Å². The molecule has 4 nitrogen and oxygen atoms in total. The van der Waals surface area contributed by atoms with E-state index in [-0.39, 0.29) is 11.8 Å². The maximum atomic E-state index is 12.3. The highest BCUT2D eigenvalue weighted by Crippen LogP contribution is 2.34. The molecule has 1 saturated carbocycles. The van der Waals surface area contributed by atoms with Gasteiger partial charge in [-0.05, 0) is 31.4 Å². The van der Waals surface area contributed by atoms with Crippen molar-refractivity contribution in [1.82, 2.24) is 9.55 Å². The fourth-order valence-electron chi connectivity index (χ4n) is 3.26. The Kier molecular flexibility index (Phi) is 4.46. The number of nitrogens with one attached hydrogen (secondary N) is 1.